The average Bonchev–Trinajstić information content (AvgIpc) is 2.97. The lowest BCUT2D eigenvalue weighted by atomic mass is 10.2. The van der Waals surface area contributed by atoms with E-state index in [2.05, 4.69) is 0 Å². The van der Waals surface area contributed by atoms with Crippen molar-refractivity contribution in [2.24, 2.45) is 0 Å². The van der Waals surface area contributed by atoms with Crippen LogP contribution < -0.4 is 0 Å². The molecule has 1 amide bonds. The second-order valence-electron chi connectivity index (χ2n) is 4.64. The lowest BCUT2D eigenvalue weighted by Gasteiger charge is -2.22. The molecule has 1 N–H and O–H groups in total. The van der Waals surface area contributed by atoms with E-state index in [0.717, 1.165) is 9.75 Å². The highest BCUT2D eigenvalue weighted by Gasteiger charge is 2.40. The molecule has 1 aliphatic heterocycles. The maximum absolute atomic E-state index is 12.5. The van der Waals surface area contributed by atoms with Gasteiger partial charge in [0.05, 0.1) is 4.91 Å². The number of carbonyl (C=O) groups excluding carboxylic acids is 1. The molecule has 0 saturated carbocycles. The Labute approximate surface area is 147 Å². The Bertz CT molecular complexity index is 638. The number of carboxylic acid groups (broad SMARTS) is 1. The second kappa shape index (κ2) is 7.63. The van der Waals surface area contributed by atoms with Crippen LogP contribution in [0.4, 0.5) is 0 Å². The minimum Gasteiger partial charge on any atom is -0.480 e. The molecular weight excluding hydrogens is 358 g/mol. The van der Waals surface area contributed by atoms with Crippen LogP contribution in [-0.2, 0) is 9.59 Å². The number of aliphatic carboxylic acids is 1. The third-order valence-corrected chi connectivity index (χ3v) is 5.97. The zero-order chi connectivity index (χ0) is 16.3. The minimum absolute atomic E-state index is 0.311. The van der Waals surface area contributed by atoms with Crippen LogP contribution >= 0.6 is 47.1 Å². The predicted molar refractivity (Wildman–Crippen MR) is 98.5 cm³/mol. The lowest BCUT2D eigenvalue weighted by Crippen LogP contribution is -2.44. The molecule has 2 rings (SSSR count). The molecule has 8 heteroatoms. The Kier molecular flexibility index (Phi) is 6.08. The summed E-state index contributed by atoms with van der Waals surface area (Å²) in [6.07, 6.45) is 4.07. The largest absolute Gasteiger partial charge is 0.480 e. The molecule has 1 aromatic heterocycles. The number of rotatable bonds is 6. The van der Waals surface area contributed by atoms with Crippen molar-refractivity contribution < 1.29 is 14.7 Å². The third kappa shape index (κ3) is 3.92. The summed E-state index contributed by atoms with van der Waals surface area (Å²) in [5.41, 5.74) is 0. The lowest BCUT2D eigenvalue weighted by molar-refractivity contribution is -0.145. The summed E-state index contributed by atoms with van der Waals surface area (Å²) < 4.78 is 0.318. The van der Waals surface area contributed by atoms with Crippen LogP contribution in [0.25, 0.3) is 6.08 Å². The van der Waals surface area contributed by atoms with E-state index in [1.165, 1.54) is 16.7 Å². The Balaban J connectivity index is 2.23. The average molecular weight is 374 g/mol. The monoisotopic (exact) mass is 373 g/mol. The van der Waals surface area contributed by atoms with Gasteiger partial charge >= 0.3 is 5.97 Å². The van der Waals surface area contributed by atoms with Gasteiger partial charge in [-0.15, -0.1) is 11.3 Å². The Morgan fingerprint density at radius 2 is 2.27 bits per heavy atom. The van der Waals surface area contributed by atoms with Crippen LogP contribution in [-0.4, -0.2) is 44.3 Å². The summed E-state index contributed by atoms with van der Waals surface area (Å²) >= 11 is 9.53. The van der Waals surface area contributed by atoms with Gasteiger partial charge in [-0.3, -0.25) is 9.69 Å². The molecular formula is C14H15NO3S4. The number of hydrogen-bond acceptors (Lipinski definition) is 6. The van der Waals surface area contributed by atoms with E-state index < -0.39 is 12.0 Å². The van der Waals surface area contributed by atoms with Gasteiger partial charge in [-0.25, -0.2) is 4.79 Å². The summed E-state index contributed by atoms with van der Waals surface area (Å²) in [6.45, 7) is 2.00. The zero-order valence-corrected chi connectivity index (χ0v) is 15.3. The van der Waals surface area contributed by atoms with Gasteiger partial charge in [-0.2, -0.15) is 11.8 Å². The van der Waals surface area contributed by atoms with Crippen LogP contribution in [0.3, 0.4) is 0 Å². The summed E-state index contributed by atoms with van der Waals surface area (Å²) in [5.74, 6) is -0.662. The number of carboxylic acids is 1. The fourth-order valence-electron chi connectivity index (χ4n) is 2.00. The van der Waals surface area contributed by atoms with Gasteiger partial charge in [-0.05, 0) is 43.6 Å². The summed E-state index contributed by atoms with van der Waals surface area (Å²) in [6, 6.07) is 3.03. The van der Waals surface area contributed by atoms with Crippen molar-refractivity contribution in [3.63, 3.8) is 0 Å². The Hall–Kier alpha value is -0.830. The number of thiophene rings is 1. The van der Waals surface area contributed by atoms with Crippen molar-refractivity contribution >= 4 is 69.4 Å². The van der Waals surface area contributed by atoms with Gasteiger partial charge < -0.3 is 5.11 Å². The van der Waals surface area contributed by atoms with Crippen molar-refractivity contribution in [3.8, 4) is 0 Å². The fraction of sp³-hybridized carbons (Fsp3) is 0.357. The van der Waals surface area contributed by atoms with Gasteiger partial charge in [0.15, 0.2) is 0 Å². The van der Waals surface area contributed by atoms with Gasteiger partial charge in [0.2, 0.25) is 0 Å². The highest BCUT2D eigenvalue weighted by Crippen LogP contribution is 2.35. The van der Waals surface area contributed by atoms with Crippen LogP contribution in [0.15, 0.2) is 17.0 Å². The smallest absolute Gasteiger partial charge is 0.326 e. The molecule has 0 bridgehead atoms. The molecule has 1 aliphatic rings. The number of thiocarbonyl (C=S) groups is 1. The molecule has 4 nitrogen and oxygen atoms in total. The topological polar surface area (TPSA) is 57.6 Å². The number of carbonyl (C=O) groups is 2. The zero-order valence-electron chi connectivity index (χ0n) is 12.1. The number of aryl methyl sites for hydroxylation is 1. The molecule has 118 valence electrons. The van der Waals surface area contributed by atoms with Crippen LogP contribution in [0, 0.1) is 6.92 Å². The van der Waals surface area contributed by atoms with Crippen molar-refractivity contribution in [2.75, 3.05) is 12.0 Å². The second-order valence-corrected chi connectivity index (χ2v) is 8.62. The van der Waals surface area contributed by atoms with Crippen molar-refractivity contribution in [3.05, 3.63) is 26.8 Å². The quantitative estimate of drug-likeness (QED) is 0.609. The van der Waals surface area contributed by atoms with Crippen molar-refractivity contribution in [1.29, 1.82) is 0 Å². The van der Waals surface area contributed by atoms with Gasteiger partial charge in [0.1, 0.15) is 10.4 Å². The van der Waals surface area contributed by atoms with Gasteiger partial charge in [-0.1, -0.05) is 24.0 Å². The number of nitrogens with zero attached hydrogens (tertiary/aromatic N) is 1. The molecule has 2 heterocycles. The standard InChI is InChI=1S/C14H15NO3S4/c1-8-3-4-9(21-8)7-11-12(16)15(14(19)22-11)10(13(17)18)5-6-20-2/h3-4,7,10H,5-6H2,1-2H3,(H,17,18)/b11-7+/t10-/m1/s1. The highest BCUT2D eigenvalue weighted by molar-refractivity contribution is 8.26. The van der Waals surface area contributed by atoms with Crippen LogP contribution in [0.5, 0.6) is 0 Å². The van der Waals surface area contributed by atoms with E-state index in [4.69, 9.17) is 12.2 Å². The van der Waals surface area contributed by atoms with E-state index in [0.29, 0.717) is 21.4 Å². The molecule has 0 spiro atoms. The normalized spacial score (nSPS) is 18.3. The molecule has 0 aromatic carbocycles. The molecule has 1 fully saturated rings. The van der Waals surface area contributed by atoms with E-state index in [1.807, 2.05) is 25.3 Å². The molecule has 1 saturated heterocycles. The van der Waals surface area contributed by atoms with E-state index >= 15 is 0 Å². The van der Waals surface area contributed by atoms with E-state index in [1.54, 1.807) is 29.2 Å². The Morgan fingerprint density at radius 3 is 2.82 bits per heavy atom. The first-order valence-corrected chi connectivity index (χ1v) is 9.92. The first-order valence-electron chi connectivity index (χ1n) is 6.49. The van der Waals surface area contributed by atoms with Crippen molar-refractivity contribution in [1.82, 2.24) is 4.90 Å². The first kappa shape index (κ1) is 17.5. The van der Waals surface area contributed by atoms with Gasteiger partial charge in [0.25, 0.3) is 5.91 Å². The maximum Gasteiger partial charge on any atom is 0.326 e. The van der Waals surface area contributed by atoms with Crippen LogP contribution in [0.2, 0.25) is 0 Å². The third-order valence-electron chi connectivity index (χ3n) is 3.05. The molecule has 0 aliphatic carbocycles. The predicted octanol–water partition coefficient (Wildman–Crippen LogP) is 3.46. The summed E-state index contributed by atoms with van der Waals surface area (Å²) in [5, 5.41) is 9.39. The minimum atomic E-state index is -1.02. The van der Waals surface area contributed by atoms with Crippen LogP contribution in [0.1, 0.15) is 16.2 Å². The fourth-order valence-corrected chi connectivity index (χ4v) is 4.70. The first-order chi connectivity index (χ1) is 10.4. The maximum atomic E-state index is 12.5. The highest BCUT2D eigenvalue weighted by atomic mass is 32.2. The SMILES string of the molecule is CSCC[C@H](C(=O)O)N1C(=O)/C(=C\c2ccc(C)s2)SC1=S. The van der Waals surface area contributed by atoms with Gasteiger partial charge in [0, 0.05) is 9.75 Å². The summed E-state index contributed by atoms with van der Waals surface area (Å²) in [4.78, 5) is 27.8. The van der Waals surface area contributed by atoms with E-state index in [9.17, 15) is 14.7 Å². The number of amides is 1. The number of thioether (sulfide) groups is 2. The Morgan fingerprint density at radius 1 is 1.55 bits per heavy atom. The van der Waals surface area contributed by atoms with E-state index in [-0.39, 0.29) is 5.91 Å². The molecule has 0 radical (unpaired) electrons. The molecule has 0 unspecified atom stereocenters. The molecule has 1 aromatic rings. The summed E-state index contributed by atoms with van der Waals surface area (Å²) in [7, 11) is 0. The molecule has 1 atom stereocenters. The number of hydrogen-bond donors (Lipinski definition) is 1. The molecule has 22 heavy (non-hydrogen) atoms. The van der Waals surface area contributed by atoms with Crippen molar-refractivity contribution in [2.45, 2.75) is 19.4 Å².